The molecule has 0 nitrogen and oxygen atoms in total. The van der Waals surface area contributed by atoms with Gasteiger partial charge in [-0.2, -0.15) is 0 Å². The fourth-order valence-corrected chi connectivity index (χ4v) is 2.24. The number of hydrogen-bond donors (Lipinski definition) is 0. The van der Waals surface area contributed by atoms with Crippen LogP contribution in [0.3, 0.4) is 0 Å². The highest BCUT2D eigenvalue weighted by atomic mass is 14.0. The molecule has 0 aromatic rings. The van der Waals surface area contributed by atoms with E-state index in [1.807, 2.05) is 0 Å². The number of hydrogen-bond acceptors (Lipinski definition) is 0. The number of rotatable bonds is 0. The third kappa shape index (κ3) is 10.1. The van der Waals surface area contributed by atoms with Crippen LogP contribution in [0.1, 0.15) is 70.6 Å². The standard InChI is InChI=1S/C17H28/c1-2-4-6-8-10-12-14-16-17-15-13-11-9-7-5-3-1/h1-6H,7-17H2/b2-1+,5-3+,6-4?. The first-order valence-corrected chi connectivity index (χ1v) is 7.48. The molecule has 1 rings (SSSR count). The van der Waals surface area contributed by atoms with E-state index in [2.05, 4.69) is 36.5 Å². The van der Waals surface area contributed by atoms with E-state index in [9.17, 15) is 0 Å². The molecule has 0 spiro atoms. The Morgan fingerprint density at radius 1 is 0.353 bits per heavy atom. The number of allylic oxidation sites excluding steroid dienone is 6. The van der Waals surface area contributed by atoms with Crippen LogP contribution in [-0.4, -0.2) is 0 Å². The zero-order chi connectivity index (χ0) is 12.0. The fraction of sp³-hybridized carbons (Fsp3) is 0.647. The Bertz CT molecular complexity index is 208. The van der Waals surface area contributed by atoms with E-state index in [1.54, 1.807) is 0 Å². The summed E-state index contributed by atoms with van der Waals surface area (Å²) < 4.78 is 0. The molecule has 0 saturated carbocycles. The molecule has 0 aliphatic heterocycles. The van der Waals surface area contributed by atoms with E-state index in [0.717, 1.165) is 0 Å². The SMILES string of the molecule is C1=CCCCCCCCCCCC/C=C/C=C/1. The summed E-state index contributed by atoms with van der Waals surface area (Å²) in [6, 6.07) is 0. The lowest BCUT2D eigenvalue weighted by Gasteiger charge is -2.01. The van der Waals surface area contributed by atoms with Crippen LogP contribution >= 0.6 is 0 Å². The van der Waals surface area contributed by atoms with Gasteiger partial charge in [-0.25, -0.2) is 0 Å². The highest BCUT2D eigenvalue weighted by Gasteiger charge is 1.92. The summed E-state index contributed by atoms with van der Waals surface area (Å²) in [5.41, 5.74) is 0. The summed E-state index contributed by atoms with van der Waals surface area (Å²) in [6.45, 7) is 0. The van der Waals surface area contributed by atoms with E-state index in [4.69, 9.17) is 0 Å². The molecule has 0 aromatic heterocycles. The molecule has 0 bridgehead atoms. The van der Waals surface area contributed by atoms with Crippen molar-refractivity contribution in [2.24, 2.45) is 0 Å². The van der Waals surface area contributed by atoms with Crippen LogP contribution in [0.25, 0.3) is 0 Å². The molecule has 0 saturated heterocycles. The topological polar surface area (TPSA) is 0 Å². The molecule has 0 aromatic carbocycles. The second-order valence-corrected chi connectivity index (χ2v) is 5.00. The van der Waals surface area contributed by atoms with E-state index in [0.29, 0.717) is 0 Å². The molecule has 96 valence electrons. The third-order valence-corrected chi connectivity index (χ3v) is 3.35. The second kappa shape index (κ2) is 11.7. The average Bonchev–Trinajstić information content (AvgIpc) is 2.35. The van der Waals surface area contributed by atoms with Gasteiger partial charge in [-0.3, -0.25) is 0 Å². The first kappa shape index (κ1) is 14.3. The molecule has 0 amide bonds. The van der Waals surface area contributed by atoms with E-state index < -0.39 is 0 Å². The van der Waals surface area contributed by atoms with Crippen molar-refractivity contribution < 1.29 is 0 Å². The maximum Gasteiger partial charge on any atom is -0.0348 e. The Hall–Kier alpha value is -0.780. The highest BCUT2D eigenvalue weighted by molar-refractivity contribution is 5.10. The molecular weight excluding hydrogens is 204 g/mol. The third-order valence-electron chi connectivity index (χ3n) is 3.35. The minimum Gasteiger partial charge on any atom is -0.0845 e. The molecule has 1 aliphatic rings. The summed E-state index contributed by atoms with van der Waals surface area (Å²) in [6.07, 6.45) is 28.5. The van der Waals surface area contributed by atoms with Crippen LogP contribution in [0.4, 0.5) is 0 Å². The zero-order valence-corrected chi connectivity index (χ0v) is 11.2. The first-order chi connectivity index (χ1) is 8.50. The predicted molar refractivity (Wildman–Crippen MR) is 78.2 cm³/mol. The van der Waals surface area contributed by atoms with Gasteiger partial charge in [0, 0.05) is 0 Å². The molecule has 0 unspecified atom stereocenters. The van der Waals surface area contributed by atoms with Gasteiger partial charge >= 0.3 is 0 Å². The lowest BCUT2D eigenvalue weighted by molar-refractivity contribution is 0.561. The summed E-state index contributed by atoms with van der Waals surface area (Å²) >= 11 is 0. The van der Waals surface area contributed by atoms with Crippen molar-refractivity contribution in [3.63, 3.8) is 0 Å². The van der Waals surface area contributed by atoms with Crippen LogP contribution in [0, 0.1) is 0 Å². The van der Waals surface area contributed by atoms with Gasteiger partial charge < -0.3 is 0 Å². The van der Waals surface area contributed by atoms with Crippen molar-refractivity contribution in [3.8, 4) is 0 Å². The van der Waals surface area contributed by atoms with Crippen molar-refractivity contribution >= 4 is 0 Å². The van der Waals surface area contributed by atoms with Gasteiger partial charge in [0.05, 0.1) is 0 Å². The maximum atomic E-state index is 2.29. The summed E-state index contributed by atoms with van der Waals surface area (Å²) in [5.74, 6) is 0. The van der Waals surface area contributed by atoms with Crippen molar-refractivity contribution in [1.82, 2.24) is 0 Å². The largest absolute Gasteiger partial charge is 0.0845 e. The Morgan fingerprint density at radius 3 is 1.12 bits per heavy atom. The first-order valence-electron chi connectivity index (χ1n) is 7.48. The molecule has 1 aliphatic carbocycles. The van der Waals surface area contributed by atoms with Gasteiger partial charge in [0.25, 0.3) is 0 Å². The van der Waals surface area contributed by atoms with Crippen molar-refractivity contribution in [1.29, 1.82) is 0 Å². The molecule has 0 atom stereocenters. The average molecular weight is 232 g/mol. The molecule has 0 fully saturated rings. The maximum absolute atomic E-state index is 2.29. The molecule has 17 heavy (non-hydrogen) atoms. The second-order valence-electron chi connectivity index (χ2n) is 5.00. The van der Waals surface area contributed by atoms with E-state index in [-0.39, 0.29) is 0 Å². The summed E-state index contributed by atoms with van der Waals surface area (Å²) in [4.78, 5) is 0. The van der Waals surface area contributed by atoms with Gasteiger partial charge in [-0.15, -0.1) is 0 Å². The summed E-state index contributed by atoms with van der Waals surface area (Å²) in [7, 11) is 0. The predicted octanol–water partition coefficient (Wildman–Crippen LogP) is 5.96. The van der Waals surface area contributed by atoms with Gasteiger partial charge in [-0.05, 0) is 25.7 Å². The van der Waals surface area contributed by atoms with Gasteiger partial charge in [0.1, 0.15) is 0 Å². The Kier molecular flexibility index (Phi) is 9.83. The monoisotopic (exact) mass is 232 g/mol. The minimum atomic E-state index is 1.24. The van der Waals surface area contributed by atoms with Crippen LogP contribution < -0.4 is 0 Å². The van der Waals surface area contributed by atoms with Crippen LogP contribution in [-0.2, 0) is 0 Å². The lowest BCUT2D eigenvalue weighted by atomic mass is 10.1. The zero-order valence-electron chi connectivity index (χ0n) is 11.2. The van der Waals surface area contributed by atoms with Crippen LogP contribution in [0.5, 0.6) is 0 Å². The fourth-order valence-electron chi connectivity index (χ4n) is 2.24. The van der Waals surface area contributed by atoms with E-state index in [1.165, 1.54) is 70.6 Å². The van der Waals surface area contributed by atoms with E-state index >= 15 is 0 Å². The van der Waals surface area contributed by atoms with Crippen LogP contribution in [0.2, 0.25) is 0 Å². The highest BCUT2D eigenvalue weighted by Crippen LogP contribution is 2.11. The Morgan fingerprint density at radius 2 is 0.706 bits per heavy atom. The molecular formula is C17H28. The normalized spacial score (nSPS) is 24.9. The van der Waals surface area contributed by atoms with Crippen molar-refractivity contribution in [2.75, 3.05) is 0 Å². The smallest absolute Gasteiger partial charge is 0.0348 e. The molecule has 0 heterocycles. The van der Waals surface area contributed by atoms with Gasteiger partial charge in [0.15, 0.2) is 0 Å². The van der Waals surface area contributed by atoms with Crippen molar-refractivity contribution in [2.45, 2.75) is 70.6 Å². The lowest BCUT2D eigenvalue weighted by Crippen LogP contribution is -1.81. The Balaban J connectivity index is 2.22. The molecule has 0 radical (unpaired) electrons. The minimum absolute atomic E-state index is 1.24. The Labute approximate surface area is 108 Å². The molecule has 0 N–H and O–H groups in total. The van der Waals surface area contributed by atoms with Crippen LogP contribution in [0.15, 0.2) is 36.5 Å². The van der Waals surface area contributed by atoms with Gasteiger partial charge in [-0.1, -0.05) is 81.4 Å². The van der Waals surface area contributed by atoms with Crippen molar-refractivity contribution in [3.05, 3.63) is 36.5 Å². The quantitative estimate of drug-likeness (QED) is 0.483. The summed E-state index contributed by atoms with van der Waals surface area (Å²) in [5, 5.41) is 0. The van der Waals surface area contributed by atoms with Gasteiger partial charge in [0.2, 0.25) is 0 Å². The molecule has 0 heteroatoms.